The van der Waals surface area contributed by atoms with Gasteiger partial charge in [0.2, 0.25) is 0 Å². The van der Waals surface area contributed by atoms with Crippen LogP contribution in [0.1, 0.15) is 65.2 Å². The van der Waals surface area contributed by atoms with E-state index in [1.165, 1.54) is 0 Å². The third kappa shape index (κ3) is 6.76. The van der Waals surface area contributed by atoms with Crippen LogP contribution in [0.2, 0.25) is 0 Å². The highest BCUT2D eigenvalue weighted by molar-refractivity contribution is 5.28. The molecule has 2 saturated heterocycles. The standard InChI is InChI=1S/C27H44O9/c1-25(2)21(34-24(36-25)19-8-10-20(31-7)11-9-19)12-14-26(3,33-18-30-6)22-13-15-27(4,35-22)23(16-28)32-17-29-5/h8-11,21-24,28H,12-18H2,1-7H3/t21-,22-,23-,24?,26+,27+/m1/s1. The van der Waals surface area contributed by atoms with Gasteiger partial charge in [-0.15, -0.1) is 0 Å². The Morgan fingerprint density at radius 1 is 1.06 bits per heavy atom. The average molecular weight is 513 g/mol. The van der Waals surface area contributed by atoms with Crippen LogP contribution in [0.15, 0.2) is 24.3 Å². The number of aliphatic hydroxyl groups is 1. The third-order valence-corrected chi connectivity index (χ3v) is 7.50. The molecule has 1 unspecified atom stereocenters. The molecule has 2 aliphatic rings. The lowest BCUT2D eigenvalue weighted by molar-refractivity contribution is -0.224. The minimum atomic E-state index is -0.651. The van der Waals surface area contributed by atoms with Gasteiger partial charge in [0, 0.05) is 19.8 Å². The van der Waals surface area contributed by atoms with Gasteiger partial charge in [0.15, 0.2) is 6.29 Å². The quantitative estimate of drug-likeness (QED) is 0.372. The van der Waals surface area contributed by atoms with Gasteiger partial charge in [0.05, 0.1) is 42.7 Å². The molecular formula is C27H44O9. The second-order valence-electron chi connectivity index (χ2n) is 10.6. The molecule has 6 atom stereocenters. The Morgan fingerprint density at radius 2 is 1.75 bits per heavy atom. The fourth-order valence-corrected chi connectivity index (χ4v) is 5.05. The van der Waals surface area contributed by atoms with Gasteiger partial charge in [-0.2, -0.15) is 0 Å². The van der Waals surface area contributed by atoms with Crippen LogP contribution < -0.4 is 4.74 Å². The molecule has 1 aromatic rings. The number of hydrogen-bond donors (Lipinski definition) is 1. The zero-order chi connectivity index (χ0) is 26.4. The number of benzene rings is 1. The molecule has 2 heterocycles. The predicted octanol–water partition coefficient (Wildman–Crippen LogP) is 3.97. The maximum atomic E-state index is 9.91. The largest absolute Gasteiger partial charge is 0.497 e. The predicted molar refractivity (Wildman–Crippen MR) is 133 cm³/mol. The van der Waals surface area contributed by atoms with Crippen LogP contribution in [0.5, 0.6) is 5.75 Å². The molecule has 0 bridgehead atoms. The van der Waals surface area contributed by atoms with Gasteiger partial charge in [-0.25, -0.2) is 0 Å². The zero-order valence-electron chi connectivity index (χ0n) is 22.8. The molecule has 3 rings (SSSR count). The summed E-state index contributed by atoms with van der Waals surface area (Å²) in [5.74, 6) is 0.790. The molecule has 0 amide bonds. The van der Waals surface area contributed by atoms with E-state index >= 15 is 0 Å². The monoisotopic (exact) mass is 512 g/mol. The van der Waals surface area contributed by atoms with E-state index in [1.54, 1.807) is 21.3 Å². The summed E-state index contributed by atoms with van der Waals surface area (Å²) in [5, 5.41) is 9.91. The Labute approximate surface area is 215 Å². The zero-order valence-corrected chi connectivity index (χ0v) is 22.8. The van der Waals surface area contributed by atoms with Crippen molar-refractivity contribution in [3.63, 3.8) is 0 Å². The smallest absolute Gasteiger partial charge is 0.185 e. The first-order chi connectivity index (χ1) is 17.1. The first-order valence-electron chi connectivity index (χ1n) is 12.6. The van der Waals surface area contributed by atoms with Gasteiger partial charge in [0.1, 0.15) is 25.4 Å². The van der Waals surface area contributed by atoms with Gasteiger partial charge in [-0.05, 0) is 65.5 Å². The highest BCUT2D eigenvalue weighted by Gasteiger charge is 2.51. The van der Waals surface area contributed by atoms with Crippen molar-refractivity contribution in [2.45, 2.75) is 94.8 Å². The highest BCUT2D eigenvalue weighted by atomic mass is 16.7. The number of ether oxygens (including phenoxy) is 8. The minimum Gasteiger partial charge on any atom is -0.497 e. The molecule has 2 fully saturated rings. The molecule has 0 aliphatic carbocycles. The van der Waals surface area contributed by atoms with Crippen molar-refractivity contribution in [3.8, 4) is 5.75 Å². The highest BCUT2D eigenvalue weighted by Crippen LogP contribution is 2.44. The molecule has 9 nitrogen and oxygen atoms in total. The maximum Gasteiger partial charge on any atom is 0.185 e. The molecule has 0 radical (unpaired) electrons. The van der Waals surface area contributed by atoms with Crippen molar-refractivity contribution in [3.05, 3.63) is 29.8 Å². The van der Waals surface area contributed by atoms with E-state index in [0.29, 0.717) is 12.8 Å². The Balaban J connectivity index is 1.68. The molecule has 36 heavy (non-hydrogen) atoms. The first kappa shape index (κ1) is 29.3. The Kier molecular flexibility index (Phi) is 10.2. The molecule has 2 aliphatic heterocycles. The topological polar surface area (TPSA) is 94.1 Å². The lowest BCUT2D eigenvalue weighted by Crippen LogP contribution is -2.49. The minimum absolute atomic E-state index is 0.0930. The summed E-state index contributed by atoms with van der Waals surface area (Å²) < 4.78 is 46.7. The summed E-state index contributed by atoms with van der Waals surface area (Å²) in [5.41, 5.74) is -0.812. The van der Waals surface area contributed by atoms with Crippen molar-refractivity contribution in [2.75, 3.05) is 41.5 Å². The van der Waals surface area contributed by atoms with E-state index in [1.807, 2.05) is 31.2 Å². The molecular weight excluding hydrogens is 468 g/mol. The summed E-state index contributed by atoms with van der Waals surface area (Å²) in [7, 11) is 4.81. The van der Waals surface area contributed by atoms with Crippen LogP contribution in [0.4, 0.5) is 0 Å². The lowest BCUT2D eigenvalue weighted by atomic mass is 9.86. The van der Waals surface area contributed by atoms with E-state index in [2.05, 4.69) is 20.8 Å². The summed E-state index contributed by atoms with van der Waals surface area (Å²) >= 11 is 0. The number of aliphatic hydroxyl groups excluding tert-OH is 1. The van der Waals surface area contributed by atoms with Gasteiger partial charge in [-0.3, -0.25) is 0 Å². The van der Waals surface area contributed by atoms with Gasteiger partial charge < -0.3 is 43.0 Å². The van der Waals surface area contributed by atoms with Crippen LogP contribution in [0, 0.1) is 0 Å². The fraction of sp³-hybridized carbons (Fsp3) is 0.778. The van der Waals surface area contributed by atoms with Crippen LogP contribution in [0.25, 0.3) is 0 Å². The second kappa shape index (κ2) is 12.5. The van der Waals surface area contributed by atoms with Crippen molar-refractivity contribution in [2.24, 2.45) is 0 Å². The summed E-state index contributed by atoms with van der Waals surface area (Å²) in [6, 6.07) is 7.74. The fourth-order valence-electron chi connectivity index (χ4n) is 5.05. The molecule has 1 N–H and O–H groups in total. The maximum absolute atomic E-state index is 9.91. The first-order valence-corrected chi connectivity index (χ1v) is 12.6. The molecule has 9 heteroatoms. The van der Waals surface area contributed by atoms with E-state index in [4.69, 9.17) is 37.9 Å². The number of methoxy groups -OCH3 is 3. The van der Waals surface area contributed by atoms with Crippen LogP contribution in [-0.4, -0.2) is 81.7 Å². The van der Waals surface area contributed by atoms with E-state index in [-0.39, 0.29) is 32.4 Å². The number of hydrogen-bond acceptors (Lipinski definition) is 9. The summed E-state index contributed by atoms with van der Waals surface area (Å²) in [6.07, 6.45) is 1.59. The van der Waals surface area contributed by atoms with Crippen molar-refractivity contribution in [1.82, 2.24) is 0 Å². The third-order valence-electron chi connectivity index (χ3n) is 7.50. The molecule has 0 saturated carbocycles. The van der Waals surface area contributed by atoms with Crippen molar-refractivity contribution >= 4 is 0 Å². The van der Waals surface area contributed by atoms with Crippen LogP contribution in [0.3, 0.4) is 0 Å². The van der Waals surface area contributed by atoms with Crippen LogP contribution in [-0.2, 0) is 33.2 Å². The van der Waals surface area contributed by atoms with Gasteiger partial charge in [-0.1, -0.05) is 12.1 Å². The lowest BCUT2D eigenvalue weighted by Gasteiger charge is -2.39. The van der Waals surface area contributed by atoms with Crippen molar-refractivity contribution in [1.29, 1.82) is 0 Å². The summed E-state index contributed by atoms with van der Waals surface area (Å²) in [4.78, 5) is 0. The van der Waals surface area contributed by atoms with E-state index in [9.17, 15) is 5.11 Å². The Hall–Kier alpha value is -1.30. The van der Waals surface area contributed by atoms with E-state index < -0.39 is 29.2 Å². The molecule has 0 aromatic heterocycles. The van der Waals surface area contributed by atoms with Crippen molar-refractivity contribution < 1.29 is 43.0 Å². The van der Waals surface area contributed by atoms with Gasteiger partial charge >= 0.3 is 0 Å². The molecule has 206 valence electrons. The van der Waals surface area contributed by atoms with Gasteiger partial charge in [0.25, 0.3) is 0 Å². The number of rotatable bonds is 14. The SMILES string of the molecule is COCO[C@H](CO)[C@]1(C)CC[C@H]([C@](C)(CC[C@H]2OC(c3ccc(OC)cc3)OC2(C)C)OCOC)O1. The normalized spacial score (nSPS) is 30.3. The summed E-state index contributed by atoms with van der Waals surface area (Å²) in [6.45, 7) is 8.21. The molecule has 1 aromatic carbocycles. The van der Waals surface area contributed by atoms with E-state index in [0.717, 1.165) is 24.2 Å². The van der Waals surface area contributed by atoms with Crippen LogP contribution >= 0.6 is 0 Å². The Bertz CT molecular complexity index is 801. The Morgan fingerprint density at radius 3 is 2.36 bits per heavy atom. The second-order valence-corrected chi connectivity index (χ2v) is 10.6. The average Bonchev–Trinajstić information content (AvgIpc) is 3.42. The molecule has 0 spiro atoms.